The predicted octanol–water partition coefficient (Wildman–Crippen LogP) is 2.78. The van der Waals surface area contributed by atoms with Crippen molar-refractivity contribution >= 4 is 46.4 Å². The number of halogens is 3. The minimum absolute atomic E-state index is 0.0974. The number of carbonyl (C=O) groups excluding carboxylic acids is 1. The van der Waals surface area contributed by atoms with Crippen LogP contribution in [0.1, 0.15) is 15.9 Å². The first-order chi connectivity index (χ1) is 11.8. The lowest BCUT2D eigenvalue weighted by Crippen LogP contribution is -2.95. The van der Waals surface area contributed by atoms with Crippen LogP contribution in [0.5, 0.6) is 0 Å². The third-order valence-electron chi connectivity index (χ3n) is 3.42. The van der Waals surface area contributed by atoms with E-state index in [-0.39, 0.29) is 11.3 Å². The Morgan fingerprint density at radius 1 is 1.12 bits per heavy atom. The van der Waals surface area contributed by atoms with Crippen molar-refractivity contribution in [2.75, 3.05) is 0 Å². The molecule has 1 amide bonds. The first-order valence-corrected chi connectivity index (χ1v) is 8.40. The summed E-state index contributed by atoms with van der Waals surface area (Å²) in [4.78, 5) is 22.9. The molecular weight excluding hydrogens is 389 g/mol. The summed E-state index contributed by atoms with van der Waals surface area (Å²) in [5, 5.41) is 15.3. The lowest BCUT2D eigenvalue weighted by Gasteiger charge is -2.23. The molecule has 132 valence electrons. The van der Waals surface area contributed by atoms with Gasteiger partial charge in [-0.1, -0.05) is 77.3 Å². The van der Waals surface area contributed by atoms with Gasteiger partial charge in [-0.15, -0.1) is 0 Å². The van der Waals surface area contributed by atoms with E-state index in [0.29, 0.717) is 6.54 Å². The first kappa shape index (κ1) is 19.5. The van der Waals surface area contributed by atoms with Crippen molar-refractivity contribution in [1.29, 1.82) is 0 Å². The Morgan fingerprint density at radius 2 is 1.72 bits per heavy atom. The van der Waals surface area contributed by atoms with E-state index < -0.39 is 20.8 Å². The molecule has 2 aromatic carbocycles. The quantitative estimate of drug-likeness (QED) is 0.336. The number of benzene rings is 2. The minimum Gasteiger partial charge on any atom is -0.319 e. The molecule has 0 aliphatic rings. The second-order valence-electron chi connectivity index (χ2n) is 5.19. The molecule has 0 fully saturated rings. The van der Waals surface area contributed by atoms with E-state index in [1.807, 2.05) is 30.3 Å². The van der Waals surface area contributed by atoms with Gasteiger partial charge in [0.2, 0.25) is 6.17 Å². The standard InChI is InChI=1S/C16H14Cl3N3O3/c17-16(18,19)15(20-10-11-6-2-1-3-7-11)21-14(23)12-8-4-5-9-13(12)22(24)25/h1-9,15,20H,10H2,(H,21,23)/p+1/t15-/m0/s1. The molecule has 25 heavy (non-hydrogen) atoms. The number of para-hydroxylation sites is 1. The summed E-state index contributed by atoms with van der Waals surface area (Å²) in [6.45, 7) is 0.455. The fourth-order valence-electron chi connectivity index (χ4n) is 2.19. The van der Waals surface area contributed by atoms with E-state index in [4.69, 9.17) is 34.8 Å². The van der Waals surface area contributed by atoms with Crippen molar-refractivity contribution in [2.24, 2.45) is 0 Å². The van der Waals surface area contributed by atoms with Crippen molar-refractivity contribution in [3.8, 4) is 0 Å². The molecule has 0 aliphatic carbocycles. The number of nitro groups is 1. The van der Waals surface area contributed by atoms with Crippen LogP contribution < -0.4 is 10.6 Å². The number of quaternary nitrogens is 1. The average molecular weight is 404 g/mol. The smallest absolute Gasteiger partial charge is 0.282 e. The zero-order chi connectivity index (χ0) is 18.4. The van der Waals surface area contributed by atoms with Crippen LogP contribution in [0, 0.1) is 10.1 Å². The summed E-state index contributed by atoms with van der Waals surface area (Å²) in [7, 11) is 0. The second-order valence-corrected chi connectivity index (χ2v) is 7.56. The zero-order valence-corrected chi connectivity index (χ0v) is 15.1. The van der Waals surface area contributed by atoms with Gasteiger partial charge >= 0.3 is 0 Å². The van der Waals surface area contributed by atoms with Crippen LogP contribution in [0.4, 0.5) is 5.69 Å². The van der Waals surface area contributed by atoms with Crippen LogP contribution in [0.2, 0.25) is 0 Å². The number of nitrogens with one attached hydrogen (secondary N) is 1. The number of nitro benzene ring substituents is 1. The van der Waals surface area contributed by atoms with Crippen molar-refractivity contribution < 1.29 is 15.0 Å². The van der Waals surface area contributed by atoms with E-state index in [2.05, 4.69) is 5.32 Å². The molecule has 0 radical (unpaired) electrons. The Morgan fingerprint density at radius 3 is 2.32 bits per heavy atom. The van der Waals surface area contributed by atoms with Crippen LogP contribution in [0.25, 0.3) is 0 Å². The van der Waals surface area contributed by atoms with Gasteiger partial charge in [-0.3, -0.25) is 20.2 Å². The largest absolute Gasteiger partial charge is 0.319 e. The Labute approximate surface area is 159 Å². The number of hydrogen-bond acceptors (Lipinski definition) is 3. The molecule has 0 saturated heterocycles. The highest BCUT2D eigenvalue weighted by Gasteiger charge is 2.38. The van der Waals surface area contributed by atoms with E-state index in [1.165, 1.54) is 24.3 Å². The van der Waals surface area contributed by atoms with E-state index in [0.717, 1.165) is 5.56 Å². The number of rotatable bonds is 6. The molecule has 0 unspecified atom stereocenters. The van der Waals surface area contributed by atoms with Crippen molar-refractivity contribution in [2.45, 2.75) is 16.5 Å². The summed E-state index contributed by atoms with van der Waals surface area (Å²) >= 11 is 17.9. The maximum atomic E-state index is 12.4. The summed E-state index contributed by atoms with van der Waals surface area (Å²) < 4.78 is -1.80. The molecule has 2 rings (SSSR count). The van der Waals surface area contributed by atoms with Gasteiger partial charge in [0.1, 0.15) is 12.1 Å². The monoisotopic (exact) mass is 402 g/mol. The van der Waals surface area contributed by atoms with Gasteiger partial charge in [0.25, 0.3) is 15.4 Å². The van der Waals surface area contributed by atoms with Gasteiger partial charge in [-0.25, -0.2) is 0 Å². The maximum Gasteiger partial charge on any atom is 0.282 e. The summed E-state index contributed by atoms with van der Waals surface area (Å²) in [5.74, 6) is -0.687. The van der Waals surface area contributed by atoms with Gasteiger partial charge in [0.15, 0.2) is 0 Å². The summed E-state index contributed by atoms with van der Waals surface area (Å²) in [6.07, 6.45) is -0.926. The lowest BCUT2D eigenvalue weighted by molar-refractivity contribution is -0.706. The molecule has 0 saturated carbocycles. The van der Waals surface area contributed by atoms with E-state index in [1.54, 1.807) is 5.32 Å². The Bertz CT molecular complexity index is 751. The van der Waals surface area contributed by atoms with Crippen molar-refractivity contribution in [3.05, 3.63) is 75.8 Å². The Balaban J connectivity index is 2.14. The number of nitrogens with zero attached hydrogens (tertiary/aromatic N) is 1. The fraction of sp³-hybridized carbons (Fsp3) is 0.188. The Kier molecular flexibility index (Phi) is 6.61. The number of nitrogens with two attached hydrogens (primary N) is 1. The van der Waals surface area contributed by atoms with Crippen LogP contribution in [-0.2, 0) is 6.54 Å². The third-order valence-corrected chi connectivity index (χ3v) is 4.12. The van der Waals surface area contributed by atoms with Gasteiger partial charge < -0.3 is 5.32 Å². The SMILES string of the molecule is O=C(N[C@H]([NH2+]Cc1ccccc1)C(Cl)(Cl)Cl)c1ccccc1[N+](=O)[O-]. The number of hydrogen-bond donors (Lipinski definition) is 2. The highest BCUT2D eigenvalue weighted by molar-refractivity contribution is 6.68. The molecule has 0 aromatic heterocycles. The van der Waals surface area contributed by atoms with Crippen LogP contribution in [0.3, 0.4) is 0 Å². The molecule has 3 N–H and O–H groups in total. The number of carbonyl (C=O) groups is 1. The molecule has 0 heterocycles. The topological polar surface area (TPSA) is 88.8 Å². The Hall–Kier alpha value is -1.86. The average Bonchev–Trinajstić information content (AvgIpc) is 2.58. The molecular formula is C16H15Cl3N3O3+. The summed E-state index contributed by atoms with van der Waals surface area (Å²) in [5.41, 5.74) is 0.563. The van der Waals surface area contributed by atoms with Gasteiger partial charge in [0.05, 0.1) is 4.92 Å². The maximum absolute atomic E-state index is 12.4. The van der Waals surface area contributed by atoms with Crippen molar-refractivity contribution in [3.63, 3.8) is 0 Å². The molecule has 1 atom stereocenters. The molecule has 9 heteroatoms. The molecule has 2 aromatic rings. The summed E-state index contributed by atoms with van der Waals surface area (Å²) in [6, 6.07) is 15.0. The second kappa shape index (κ2) is 8.49. The third kappa shape index (κ3) is 5.57. The van der Waals surface area contributed by atoms with Crippen LogP contribution >= 0.6 is 34.8 Å². The first-order valence-electron chi connectivity index (χ1n) is 7.27. The van der Waals surface area contributed by atoms with Gasteiger partial charge in [-0.2, -0.15) is 0 Å². The van der Waals surface area contributed by atoms with Crippen LogP contribution in [-0.4, -0.2) is 20.8 Å². The normalized spacial score (nSPS) is 12.4. The molecule has 0 aliphatic heterocycles. The zero-order valence-electron chi connectivity index (χ0n) is 12.9. The number of alkyl halides is 3. The molecule has 0 bridgehead atoms. The van der Waals surface area contributed by atoms with Crippen LogP contribution in [0.15, 0.2) is 54.6 Å². The minimum atomic E-state index is -1.80. The lowest BCUT2D eigenvalue weighted by atomic mass is 10.1. The predicted molar refractivity (Wildman–Crippen MR) is 96.7 cm³/mol. The van der Waals surface area contributed by atoms with E-state index in [9.17, 15) is 14.9 Å². The highest BCUT2D eigenvalue weighted by Crippen LogP contribution is 2.28. The highest BCUT2D eigenvalue weighted by atomic mass is 35.6. The van der Waals surface area contributed by atoms with Gasteiger partial charge in [-0.05, 0) is 6.07 Å². The molecule has 6 nitrogen and oxygen atoms in total. The molecule has 0 spiro atoms. The van der Waals surface area contributed by atoms with Gasteiger partial charge in [0, 0.05) is 11.6 Å². The van der Waals surface area contributed by atoms with Crippen molar-refractivity contribution in [1.82, 2.24) is 5.32 Å². The number of amides is 1. The van der Waals surface area contributed by atoms with E-state index >= 15 is 0 Å². The fourth-order valence-corrected chi connectivity index (χ4v) is 2.62.